The molecule has 6 heteroatoms. The summed E-state index contributed by atoms with van der Waals surface area (Å²) in [7, 11) is 2.12. The largest absolute Gasteiger partial charge is 0.369 e. The van der Waals surface area contributed by atoms with Crippen LogP contribution in [0, 0.1) is 0 Å². The molecule has 4 rings (SSSR count). The Balaban J connectivity index is 1.72. The van der Waals surface area contributed by atoms with Crippen molar-refractivity contribution >= 4 is 63.3 Å². The number of amides is 1. The number of thiocarbonyl (C=S) groups is 1. The second-order valence-corrected chi connectivity index (χ2v) is 10.3. The number of nitrogens with zero attached hydrogens (tertiary/aromatic N) is 2. The summed E-state index contributed by atoms with van der Waals surface area (Å²) in [5.74, 6) is 0.311. The number of benzene rings is 2. The van der Waals surface area contributed by atoms with Crippen LogP contribution >= 0.6 is 35.6 Å². The van der Waals surface area contributed by atoms with Crippen LogP contribution in [0.2, 0.25) is 5.02 Å². The molecule has 2 aliphatic rings. The molecule has 2 aromatic rings. The zero-order valence-corrected chi connectivity index (χ0v) is 19.3. The monoisotopic (exact) mass is 442 g/mol. The van der Waals surface area contributed by atoms with E-state index in [0.717, 1.165) is 23.4 Å². The number of thioether (sulfide) groups is 1. The highest BCUT2D eigenvalue weighted by atomic mass is 35.5. The highest BCUT2D eigenvalue weighted by Gasteiger charge is 2.36. The molecule has 1 fully saturated rings. The molecule has 3 nitrogen and oxygen atoms in total. The first-order chi connectivity index (χ1) is 13.7. The lowest BCUT2D eigenvalue weighted by Crippen LogP contribution is -2.45. The first-order valence-electron chi connectivity index (χ1n) is 9.59. The van der Waals surface area contributed by atoms with Gasteiger partial charge in [-0.05, 0) is 67.7 Å². The van der Waals surface area contributed by atoms with Gasteiger partial charge in [-0.15, -0.1) is 0 Å². The van der Waals surface area contributed by atoms with Crippen molar-refractivity contribution in [2.45, 2.75) is 38.6 Å². The Morgan fingerprint density at radius 3 is 2.62 bits per heavy atom. The minimum absolute atomic E-state index is 0.0787. The molecule has 150 valence electrons. The maximum Gasteiger partial charge on any atom is 0.270 e. The van der Waals surface area contributed by atoms with Gasteiger partial charge in [0.15, 0.2) is 4.32 Å². The SMILES string of the molecule is CC1CC(C)(C)N(C)c2cc(Cl)c(/C=C3/SC(=S)N(c4ccccc4)C3=O)cc21. The van der Waals surface area contributed by atoms with Gasteiger partial charge in [0.1, 0.15) is 0 Å². The lowest BCUT2D eigenvalue weighted by molar-refractivity contribution is -0.113. The van der Waals surface area contributed by atoms with Crippen LogP contribution in [0.4, 0.5) is 11.4 Å². The van der Waals surface area contributed by atoms with Crippen molar-refractivity contribution in [1.29, 1.82) is 0 Å². The van der Waals surface area contributed by atoms with Gasteiger partial charge in [0.25, 0.3) is 5.91 Å². The third-order valence-electron chi connectivity index (χ3n) is 5.85. The van der Waals surface area contributed by atoms with E-state index in [2.05, 4.69) is 38.8 Å². The summed E-state index contributed by atoms with van der Waals surface area (Å²) in [5, 5.41) is 0.644. The lowest BCUT2D eigenvalue weighted by atomic mass is 9.80. The molecule has 0 aromatic heterocycles. The Morgan fingerprint density at radius 2 is 1.93 bits per heavy atom. The molecule has 0 saturated carbocycles. The fourth-order valence-electron chi connectivity index (χ4n) is 4.12. The Labute approximate surface area is 186 Å². The van der Waals surface area contributed by atoms with Crippen molar-refractivity contribution in [2.24, 2.45) is 0 Å². The van der Waals surface area contributed by atoms with Crippen LogP contribution in [0.3, 0.4) is 0 Å². The molecule has 0 spiro atoms. The van der Waals surface area contributed by atoms with Crippen molar-refractivity contribution in [3.8, 4) is 0 Å². The fourth-order valence-corrected chi connectivity index (χ4v) is 5.63. The summed E-state index contributed by atoms with van der Waals surface area (Å²) in [5.41, 5.74) is 4.15. The molecule has 2 heterocycles. The summed E-state index contributed by atoms with van der Waals surface area (Å²) in [4.78, 5) is 17.5. The number of carbonyl (C=O) groups excluding carboxylic acids is 1. The molecule has 1 saturated heterocycles. The van der Waals surface area contributed by atoms with Gasteiger partial charge in [-0.1, -0.05) is 60.7 Å². The first-order valence-corrected chi connectivity index (χ1v) is 11.2. The van der Waals surface area contributed by atoms with Crippen LogP contribution in [0.25, 0.3) is 6.08 Å². The van der Waals surface area contributed by atoms with Crippen molar-refractivity contribution in [1.82, 2.24) is 0 Å². The number of carbonyl (C=O) groups is 1. The van der Waals surface area contributed by atoms with E-state index in [0.29, 0.717) is 20.2 Å². The fraction of sp³-hybridized carbons (Fsp3) is 0.304. The highest BCUT2D eigenvalue weighted by Crippen LogP contribution is 2.45. The van der Waals surface area contributed by atoms with E-state index in [4.69, 9.17) is 23.8 Å². The van der Waals surface area contributed by atoms with Gasteiger partial charge in [0, 0.05) is 23.3 Å². The number of anilines is 2. The van der Waals surface area contributed by atoms with Gasteiger partial charge in [0.2, 0.25) is 0 Å². The van der Waals surface area contributed by atoms with E-state index in [-0.39, 0.29) is 11.4 Å². The lowest BCUT2D eigenvalue weighted by Gasteiger charge is -2.45. The number of hydrogen-bond donors (Lipinski definition) is 0. The second kappa shape index (κ2) is 7.46. The summed E-state index contributed by atoms with van der Waals surface area (Å²) >= 11 is 13.4. The molecular formula is C23H23ClN2OS2. The molecule has 1 atom stereocenters. The average Bonchev–Trinajstić information content (AvgIpc) is 2.95. The molecule has 0 N–H and O–H groups in total. The molecule has 29 heavy (non-hydrogen) atoms. The Morgan fingerprint density at radius 1 is 1.24 bits per heavy atom. The smallest absolute Gasteiger partial charge is 0.270 e. The van der Waals surface area contributed by atoms with Gasteiger partial charge >= 0.3 is 0 Å². The van der Waals surface area contributed by atoms with Crippen molar-refractivity contribution in [3.63, 3.8) is 0 Å². The summed E-state index contributed by atoms with van der Waals surface area (Å²) < 4.78 is 0.538. The van der Waals surface area contributed by atoms with E-state index in [1.54, 1.807) is 4.90 Å². The zero-order chi connectivity index (χ0) is 20.9. The normalized spacial score (nSPS) is 22.4. The van der Waals surface area contributed by atoms with Gasteiger partial charge in [-0.25, -0.2) is 0 Å². The van der Waals surface area contributed by atoms with Crippen molar-refractivity contribution < 1.29 is 4.79 Å². The summed E-state index contributed by atoms with van der Waals surface area (Å²) in [6.45, 7) is 6.76. The van der Waals surface area contributed by atoms with E-state index >= 15 is 0 Å². The van der Waals surface area contributed by atoms with Gasteiger partial charge in [-0.2, -0.15) is 0 Å². The van der Waals surface area contributed by atoms with Crippen LogP contribution in [0.1, 0.15) is 44.2 Å². The number of halogens is 1. The van der Waals surface area contributed by atoms with Crippen molar-refractivity contribution in [3.05, 3.63) is 63.5 Å². The van der Waals surface area contributed by atoms with Crippen LogP contribution in [0.5, 0.6) is 0 Å². The van der Waals surface area contributed by atoms with E-state index in [1.165, 1.54) is 17.3 Å². The maximum atomic E-state index is 13.0. The molecule has 0 aliphatic carbocycles. The minimum atomic E-state index is -0.105. The number of fused-ring (bicyclic) bond motifs is 1. The predicted octanol–water partition coefficient (Wildman–Crippen LogP) is 6.47. The van der Waals surface area contributed by atoms with E-state index < -0.39 is 0 Å². The van der Waals surface area contributed by atoms with Gasteiger partial charge < -0.3 is 4.90 Å². The minimum Gasteiger partial charge on any atom is -0.369 e. The first kappa shape index (κ1) is 20.5. The number of hydrogen-bond acceptors (Lipinski definition) is 4. The Bertz CT molecular complexity index is 1030. The van der Waals surface area contributed by atoms with Crippen molar-refractivity contribution in [2.75, 3.05) is 16.8 Å². The summed E-state index contributed by atoms with van der Waals surface area (Å²) in [6, 6.07) is 13.6. The quantitative estimate of drug-likeness (QED) is 0.393. The van der Waals surface area contributed by atoms with E-state index in [1.807, 2.05) is 42.5 Å². The van der Waals surface area contributed by atoms with Crippen LogP contribution in [-0.2, 0) is 4.79 Å². The maximum absolute atomic E-state index is 13.0. The Hall–Kier alpha value is -1.82. The average molecular weight is 443 g/mol. The molecule has 1 amide bonds. The predicted molar refractivity (Wildman–Crippen MR) is 129 cm³/mol. The topological polar surface area (TPSA) is 23.6 Å². The third kappa shape index (κ3) is 3.60. The van der Waals surface area contributed by atoms with E-state index in [9.17, 15) is 4.79 Å². The molecule has 0 bridgehead atoms. The Kier molecular flexibility index (Phi) is 5.26. The number of para-hydroxylation sites is 1. The highest BCUT2D eigenvalue weighted by molar-refractivity contribution is 8.27. The van der Waals surface area contributed by atoms with Gasteiger partial charge in [0.05, 0.1) is 10.6 Å². The number of rotatable bonds is 2. The molecule has 2 aromatic carbocycles. The standard InChI is InChI=1S/C23H23ClN2OS2/c1-14-13-23(2,3)25(4)19-12-18(24)15(10-17(14)19)11-20-21(27)26(22(28)29-20)16-8-6-5-7-9-16/h5-12,14H,13H2,1-4H3/b20-11+. The van der Waals surface area contributed by atoms with Crippen LogP contribution < -0.4 is 9.80 Å². The molecule has 0 radical (unpaired) electrons. The van der Waals surface area contributed by atoms with Gasteiger partial charge in [-0.3, -0.25) is 9.69 Å². The zero-order valence-electron chi connectivity index (χ0n) is 16.9. The third-order valence-corrected chi connectivity index (χ3v) is 7.48. The molecule has 1 unspecified atom stereocenters. The summed E-state index contributed by atoms with van der Waals surface area (Å²) in [6.07, 6.45) is 2.94. The molecular weight excluding hydrogens is 420 g/mol. The second-order valence-electron chi connectivity index (χ2n) is 8.26. The van der Waals surface area contributed by atoms with Crippen LogP contribution in [-0.4, -0.2) is 22.8 Å². The van der Waals surface area contributed by atoms with Crippen LogP contribution in [0.15, 0.2) is 47.4 Å². The molecule has 2 aliphatic heterocycles.